The Morgan fingerprint density at radius 2 is 1.28 bits per heavy atom. The third-order valence-electron chi connectivity index (χ3n) is 1.29. The van der Waals surface area contributed by atoms with Crippen molar-refractivity contribution in [2.45, 2.75) is 18.4 Å². The summed E-state index contributed by atoms with van der Waals surface area (Å²) < 4.78 is 0. The summed E-state index contributed by atoms with van der Waals surface area (Å²) in [6, 6.07) is 0. The number of hydrogen-bond donors (Lipinski definition) is 6. The molecule has 0 radical (unpaired) electrons. The third kappa shape index (κ3) is 11.6. The van der Waals surface area contributed by atoms with Crippen molar-refractivity contribution >= 4 is 17.9 Å². The molecule has 12 nitrogen and oxygen atoms in total. The highest BCUT2D eigenvalue weighted by molar-refractivity contribution is 5.88. The molecule has 0 aliphatic heterocycles. The number of rotatable bonds is 5. The molecular formula is C6H12N2O10. The highest BCUT2D eigenvalue weighted by atomic mass is 16.9. The first-order chi connectivity index (χ1) is 7.51. The molecule has 0 amide bonds. The first-order valence-electron chi connectivity index (χ1n) is 3.74. The highest BCUT2D eigenvalue weighted by Gasteiger charge is 2.40. The molecule has 0 aliphatic carbocycles. The number of carboxylic acid groups (broad SMARTS) is 3. The van der Waals surface area contributed by atoms with E-state index >= 15 is 0 Å². The Bertz CT molecular complexity index is 306. The van der Waals surface area contributed by atoms with E-state index in [1.807, 2.05) is 0 Å². The molecule has 0 saturated heterocycles. The predicted molar refractivity (Wildman–Crippen MR) is 50.9 cm³/mol. The van der Waals surface area contributed by atoms with Crippen LogP contribution in [0.4, 0.5) is 0 Å². The molecular weight excluding hydrogens is 260 g/mol. The van der Waals surface area contributed by atoms with Crippen LogP contribution in [0.2, 0.25) is 0 Å². The van der Waals surface area contributed by atoms with Crippen molar-refractivity contribution in [3.8, 4) is 0 Å². The van der Waals surface area contributed by atoms with Crippen molar-refractivity contribution in [3.05, 3.63) is 10.1 Å². The molecule has 0 unspecified atom stereocenters. The van der Waals surface area contributed by atoms with E-state index in [0.717, 1.165) is 0 Å². The van der Waals surface area contributed by atoms with Crippen LogP contribution in [0, 0.1) is 10.1 Å². The van der Waals surface area contributed by atoms with E-state index in [-0.39, 0.29) is 6.15 Å². The lowest BCUT2D eigenvalue weighted by atomic mass is 9.96. The number of aliphatic carboxylic acids is 3. The smallest absolute Gasteiger partial charge is 0.336 e. The summed E-state index contributed by atoms with van der Waals surface area (Å²) >= 11 is 0. The second-order valence-corrected chi connectivity index (χ2v) is 2.72. The van der Waals surface area contributed by atoms with E-state index in [1.54, 1.807) is 0 Å². The van der Waals surface area contributed by atoms with Crippen LogP contribution < -0.4 is 6.15 Å². The normalized spacial score (nSPS) is 9.17. The Morgan fingerprint density at radius 1 is 1.06 bits per heavy atom. The van der Waals surface area contributed by atoms with Crippen LogP contribution in [0.15, 0.2) is 0 Å². The number of nitrogens with zero attached hydrogens (tertiary/aromatic N) is 1. The standard InChI is InChI=1S/C6H8O7.HNO3.H3N/c7-3(8)1-6(13,5(11)12)2-4(9)10;2-1(3)4;/h13H,1-2H2,(H,7,8)(H,9,10)(H,11,12);(H,2,3,4);1H3. The molecule has 0 aromatic carbocycles. The second kappa shape index (κ2) is 8.66. The number of hydrogen-bond acceptors (Lipinski definition) is 7. The van der Waals surface area contributed by atoms with Gasteiger partial charge in [0.2, 0.25) is 0 Å². The first kappa shape index (κ1) is 20.9. The van der Waals surface area contributed by atoms with Gasteiger partial charge in [0, 0.05) is 0 Å². The molecule has 106 valence electrons. The van der Waals surface area contributed by atoms with Crippen LogP contribution in [0.1, 0.15) is 12.8 Å². The molecule has 0 spiro atoms. The van der Waals surface area contributed by atoms with Gasteiger partial charge in [0.25, 0.3) is 5.09 Å². The third-order valence-corrected chi connectivity index (χ3v) is 1.29. The van der Waals surface area contributed by atoms with Gasteiger partial charge in [0.1, 0.15) is 0 Å². The Morgan fingerprint density at radius 3 is 1.39 bits per heavy atom. The minimum absolute atomic E-state index is 0. The zero-order chi connectivity index (χ0) is 14.2. The summed E-state index contributed by atoms with van der Waals surface area (Å²) in [5, 5.41) is 47.4. The van der Waals surface area contributed by atoms with Gasteiger partial charge in [-0.15, -0.1) is 10.1 Å². The van der Waals surface area contributed by atoms with Gasteiger partial charge in [-0.2, -0.15) is 0 Å². The summed E-state index contributed by atoms with van der Waals surface area (Å²) in [4.78, 5) is 38.8. The van der Waals surface area contributed by atoms with E-state index in [2.05, 4.69) is 0 Å². The van der Waals surface area contributed by atoms with Crippen molar-refractivity contribution in [1.29, 1.82) is 0 Å². The van der Waals surface area contributed by atoms with Crippen molar-refractivity contribution in [3.63, 3.8) is 0 Å². The second-order valence-electron chi connectivity index (χ2n) is 2.72. The van der Waals surface area contributed by atoms with Crippen LogP contribution in [0.5, 0.6) is 0 Å². The average molecular weight is 272 g/mol. The maximum absolute atomic E-state index is 10.3. The summed E-state index contributed by atoms with van der Waals surface area (Å²) in [7, 11) is 0. The maximum atomic E-state index is 10.3. The molecule has 8 N–H and O–H groups in total. The lowest BCUT2D eigenvalue weighted by molar-refractivity contribution is -0.742. The van der Waals surface area contributed by atoms with Gasteiger partial charge in [0.15, 0.2) is 5.60 Å². The van der Waals surface area contributed by atoms with Gasteiger partial charge >= 0.3 is 17.9 Å². The minimum Gasteiger partial charge on any atom is -0.481 e. The van der Waals surface area contributed by atoms with E-state index in [9.17, 15) is 14.4 Å². The van der Waals surface area contributed by atoms with Gasteiger partial charge in [-0.05, 0) is 0 Å². The van der Waals surface area contributed by atoms with Crippen LogP contribution >= 0.6 is 0 Å². The van der Waals surface area contributed by atoms with Crippen LogP contribution in [-0.2, 0) is 14.4 Å². The van der Waals surface area contributed by atoms with Crippen molar-refractivity contribution in [1.82, 2.24) is 6.15 Å². The van der Waals surface area contributed by atoms with E-state index in [4.69, 9.17) is 35.7 Å². The van der Waals surface area contributed by atoms with Gasteiger partial charge < -0.3 is 31.8 Å². The highest BCUT2D eigenvalue weighted by Crippen LogP contribution is 2.15. The quantitative estimate of drug-likeness (QED) is 0.250. The predicted octanol–water partition coefficient (Wildman–Crippen LogP) is -1.43. The molecule has 0 atom stereocenters. The Balaban J connectivity index is -0.000000392. The lowest BCUT2D eigenvalue weighted by Crippen LogP contribution is -2.42. The molecule has 0 aromatic heterocycles. The Labute approximate surface area is 98.8 Å². The van der Waals surface area contributed by atoms with Gasteiger partial charge in [-0.25, -0.2) is 4.79 Å². The fourth-order valence-corrected chi connectivity index (χ4v) is 0.714. The number of aliphatic hydroxyl groups is 1. The van der Waals surface area contributed by atoms with E-state index in [0.29, 0.717) is 0 Å². The molecule has 0 aromatic rings. The zero-order valence-electron chi connectivity index (χ0n) is 8.85. The molecule has 12 heteroatoms. The summed E-state index contributed by atoms with van der Waals surface area (Å²) in [5.74, 6) is -5.02. The van der Waals surface area contributed by atoms with Crippen molar-refractivity contribution < 1.29 is 45.1 Å². The fraction of sp³-hybridized carbons (Fsp3) is 0.500. The minimum atomic E-state index is -2.74. The van der Waals surface area contributed by atoms with Gasteiger partial charge in [-0.3, -0.25) is 9.59 Å². The molecule has 0 rings (SSSR count). The first-order valence-corrected chi connectivity index (χ1v) is 3.74. The molecule has 0 aliphatic rings. The van der Waals surface area contributed by atoms with Crippen LogP contribution in [0.25, 0.3) is 0 Å². The van der Waals surface area contributed by atoms with Crippen LogP contribution in [-0.4, -0.2) is 54.2 Å². The monoisotopic (exact) mass is 272 g/mol. The Kier molecular flexibility index (Phi) is 10.0. The molecule has 18 heavy (non-hydrogen) atoms. The summed E-state index contributed by atoms with van der Waals surface area (Å²) in [6.45, 7) is 0. The summed E-state index contributed by atoms with van der Waals surface area (Å²) in [5.41, 5.74) is -2.74. The lowest BCUT2D eigenvalue weighted by Gasteiger charge is -2.18. The molecule has 0 bridgehead atoms. The van der Waals surface area contributed by atoms with Crippen molar-refractivity contribution in [2.75, 3.05) is 0 Å². The SMILES string of the molecule is N.O=C(O)CC(O)(CC(=O)O)C(=O)O.O=[N+]([O-])O. The van der Waals surface area contributed by atoms with Gasteiger partial charge in [-0.1, -0.05) is 0 Å². The average Bonchev–Trinajstić information content (AvgIpc) is 1.98. The molecule has 0 saturated carbocycles. The maximum Gasteiger partial charge on any atom is 0.336 e. The zero-order valence-corrected chi connectivity index (χ0v) is 8.85. The largest absolute Gasteiger partial charge is 0.481 e. The van der Waals surface area contributed by atoms with Crippen LogP contribution in [0.3, 0.4) is 0 Å². The Hall–Kier alpha value is -2.47. The number of carbonyl (C=O) groups is 3. The van der Waals surface area contributed by atoms with E-state index < -0.39 is 41.4 Å². The fourth-order valence-electron chi connectivity index (χ4n) is 0.714. The van der Waals surface area contributed by atoms with Crippen molar-refractivity contribution in [2.24, 2.45) is 0 Å². The van der Waals surface area contributed by atoms with Gasteiger partial charge in [0.05, 0.1) is 12.8 Å². The molecule has 0 fully saturated rings. The van der Waals surface area contributed by atoms with E-state index in [1.165, 1.54) is 0 Å². The topological polar surface area (TPSA) is 230 Å². The molecule has 0 heterocycles. The number of carboxylic acids is 3. The summed E-state index contributed by atoms with van der Waals surface area (Å²) in [6.07, 6.45) is -2.29.